The normalized spacial score (nSPS) is 14.1. The van der Waals surface area contributed by atoms with E-state index in [0.29, 0.717) is 18.3 Å². The molecule has 1 aliphatic rings. The van der Waals surface area contributed by atoms with Crippen molar-refractivity contribution in [1.29, 1.82) is 0 Å². The van der Waals surface area contributed by atoms with Crippen LogP contribution in [0.5, 0.6) is 0 Å². The molecule has 5 rings (SSSR count). The third kappa shape index (κ3) is 3.81. The van der Waals surface area contributed by atoms with Gasteiger partial charge in [0.25, 0.3) is 0 Å². The lowest BCUT2D eigenvalue weighted by atomic mass is 10.1. The minimum atomic E-state index is -0.312. The van der Waals surface area contributed by atoms with Crippen molar-refractivity contribution in [2.24, 2.45) is 0 Å². The lowest BCUT2D eigenvalue weighted by Gasteiger charge is -2.14. The summed E-state index contributed by atoms with van der Waals surface area (Å²) in [6.45, 7) is 5.58. The number of halogens is 1. The molecule has 3 aromatic heterocycles. The average molecular weight is 434 g/mol. The van der Waals surface area contributed by atoms with Crippen LogP contribution in [0.25, 0.3) is 26.7 Å². The number of dihydropyridines is 1. The Labute approximate surface area is 184 Å². The summed E-state index contributed by atoms with van der Waals surface area (Å²) >= 11 is 1.66. The predicted molar refractivity (Wildman–Crippen MR) is 127 cm³/mol. The van der Waals surface area contributed by atoms with Crippen LogP contribution in [-0.2, 0) is 6.42 Å². The number of hydrogen-bond donors (Lipinski definition) is 3. The SMILES string of the molecule is CC(C)c1csc2c(NCCc3c[nH]c4ccccc34)nc(C3=CC(F)=CNC3)nc12. The number of nitrogens with one attached hydrogen (secondary N) is 3. The largest absolute Gasteiger partial charge is 0.384 e. The Kier molecular flexibility index (Phi) is 5.19. The van der Waals surface area contributed by atoms with E-state index in [9.17, 15) is 4.39 Å². The van der Waals surface area contributed by atoms with Crippen molar-refractivity contribution in [2.45, 2.75) is 26.2 Å². The first-order chi connectivity index (χ1) is 15.1. The number of allylic oxidation sites excluding steroid dienone is 2. The highest BCUT2D eigenvalue weighted by molar-refractivity contribution is 7.18. The van der Waals surface area contributed by atoms with Gasteiger partial charge in [0.15, 0.2) is 5.82 Å². The smallest absolute Gasteiger partial charge is 0.160 e. The Balaban J connectivity index is 1.47. The highest BCUT2D eigenvalue weighted by atomic mass is 32.1. The first-order valence-electron chi connectivity index (χ1n) is 10.5. The molecular formula is C24H24FN5S. The zero-order valence-corrected chi connectivity index (χ0v) is 18.3. The monoisotopic (exact) mass is 433 g/mol. The summed E-state index contributed by atoms with van der Waals surface area (Å²) < 4.78 is 14.9. The summed E-state index contributed by atoms with van der Waals surface area (Å²) in [5.41, 5.74) is 5.33. The van der Waals surface area contributed by atoms with Gasteiger partial charge in [0.05, 0.1) is 10.2 Å². The van der Waals surface area contributed by atoms with Crippen LogP contribution in [0.15, 0.2) is 53.9 Å². The van der Waals surface area contributed by atoms with Gasteiger partial charge in [-0.1, -0.05) is 32.0 Å². The summed E-state index contributed by atoms with van der Waals surface area (Å²) in [4.78, 5) is 12.9. The summed E-state index contributed by atoms with van der Waals surface area (Å²) in [5.74, 6) is 1.42. The minimum absolute atomic E-state index is 0.312. The summed E-state index contributed by atoms with van der Waals surface area (Å²) in [7, 11) is 0. The Morgan fingerprint density at radius 3 is 2.94 bits per heavy atom. The molecule has 4 aromatic rings. The van der Waals surface area contributed by atoms with Crippen LogP contribution in [0, 0.1) is 0 Å². The maximum Gasteiger partial charge on any atom is 0.160 e. The number of thiophene rings is 1. The van der Waals surface area contributed by atoms with E-state index in [1.165, 1.54) is 28.8 Å². The van der Waals surface area contributed by atoms with E-state index < -0.39 is 0 Å². The van der Waals surface area contributed by atoms with Gasteiger partial charge < -0.3 is 15.6 Å². The van der Waals surface area contributed by atoms with Crippen molar-refractivity contribution >= 4 is 43.8 Å². The molecule has 0 saturated carbocycles. The first kappa shape index (κ1) is 19.8. The topological polar surface area (TPSA) is 65.6 Å². The number of benzene rings is 1. The molecule has 31 heavy (non-hydrogen) atoms. The van der Waals surface area contributed by atoms with Crippen molar-refractivity contribution in [3.63, 3.8) is 0 Å². The molecule has 0 aliphatic carbocycles. The van der Waals surface area contributed by atoms with Crippen LogP contribution in [0.1, 0.15) is 36.7 Å². The second kappa shape index (κ2) is 8.15. The van der Waals surface area contributed by atoms with Crippen molar-refractivity contribution in [2.75, 3.05) is 18.4 Å². The fourth-order valence-corrected chi connectivity index (χ4v) is 5.06. The van der Waals surface area contributed by atoms with E-state index in [4.69, 9.17) is 9.97 Å². The van der Waals surface area contributed by atoms with Crippen LogP contribution in [-0.4, -0.2) is 28.0 Å². The Hall–Kier alpha value is -3.19. The molecule has 1 aromatic carbocycles. The van der Waals surface area contributed by atoms with Gasteiger partial charge in [0.2, 0.25) is 0 Å². The molecule has 1 aliphatic heterocycles. The number of fused-ring (bicyclic) bond motifs is 2. The zero-order chi connectivity index (χ0) is 21.4. The van der Waals surface area contributed by atoms with E-state index in [1.54, 1.807) is 11.3 Å². The summed E-state index contributed by atoms with van der Waals surface area (Å²) in [6.07, 6.45) is 5.82. The number of rotatable bonds is 6. The maximum atomic E-state index is 13.8. The molecule has 0 amide bonds. The van der Waals surface area contributed by atoms with Gasteiger partial charge in [0.1, 0.15) is 11.6 Å². The summed E-state index contributed by atoms with van der Waals surface area (Å²) in [6, 6.07) is 8.33. The maximum absolute atomic E-state index is 13.8. The van der Waals surface area contributed by atoms with Gasteiger partial charge in [0, 0.05) is 42.0 Å². The Morgan fingerprint density at radius 1 is 1.23 bits per heavy atom. The van der Waals surface area contributed by atoms with Gasteiger partial charge in [-0.2, -0.15) is 0 Å². The highest BCUT2D eigenvalue weighted by Gasteiger charge is 2.18. The minimum Gasteiger partial charge on any atom is -0.384 e. The molecule has 3 N–H and O–H groups in total. The van der Waals surface area contributed by atoms with E-state index in [2.05, 4.69) is 59.2 Å². The van der Waals surface area contributed by atoms with Gasteiger partial charge in [-0.25, -0.2) is 14.4 Å². The van der Waals surface area contributed by atoms with Crippen molar-refractivity contribution in [3.8, 4) is 0 Å². The number of hydrogen-bond acceptors (Lipinski definition) is 5. The quantitative estimate of drug-likeness (QED) is 0.362. The van der Waals surface area contributed by atoms with Crippen LogP contribution >= 0.6 is 11.3 Å². The second-order valence-corrected chi connectivity index (χ2v) is 8.91. The predicted octanol–water partition coefficient (Wildman–Crippen LogP) is 5.75. The lowest BCUT2D eigenvalue weighted by molar-refractivity contribution is 0.649. The van der Waals surface area contributed by atoms with E-state index in [-0.39, 0.29) is 5.83 Å². The van der Waals surface area contributed by atoms with Crippen molar-refractivity contribution in [3.05, 3.63) is 70.9 Å². The number of nitrogens with zero attached hydrogens (tertiary/aromatic N) is 2. The number of aromatic amines is 1. The molecule has 0 bridgehead atoms. The number of H-pyrrole nitrogens is 1. The number of para-hydroxylation sites is 1. The molecule has 0 saturated heterocycles. The lowest BCUT2D eigenvalue weighted by Crippen LogP contribution is -2.16. The van der Waals surface area contributed by atoms with Gasteiger partial charge in [-0.3, -0.25) is 0 Å². The van der Waals surface area contributed by atoms with Gasteiger partial charge in [-0.15, -0.1) is 11.3 Å². The first-order valence-corrected chi connectivity index (χ1v) is 11.4. The molecular weight excluding hydrogens is 409 g/mol. The van der Waals surface area contributed by atoms with Crippen LogP contribution in [0.2, 0.25) is 0 Å². The average Bonchev–Trinajstić information content (AvgIpc) is 3.38. The van der Waals surface area contributed by atoms with Crippen LogP contribution in [0.3, 0.4) is 0 Å². The fourth-order valence-electron chi connectivity index (χ4n) is 3.92. The van der Waals surface area contributed by atoms with Crippen LogP contribution in [0.4, 0.5) is 10.2 Å². The van der Waals surface area contributed by atoms with E-state index in [1.807, 2.05) is 6.07 Å². The molecule has 5 nitrogen and oxygen atoms in total. The molecule has 0 atom stereocenters. The second-order valence-electron chi connectivity index (χ2n) is 8.04. The number of aromatic nitrogens is 3. The summed E-state index contributed by atoms with van der Waals surface area (Å²) in [5, 5.41) is 9.88. The van der Waals surface area contributed by atoms with E-state index >= 15 is 0 Å². The molecule has 0 unspecified atom stereocenters. The van der Waals surface area contributed by atoms with Crippen molar-refractivity contribution in [1.82, 2.24) is 20.3 Å². The molecule has 7 heteroatoms. The third-order valence-corrected chi connectivity index (χ3v) is 6.55. The molecule has 4 heterocycles. The molecule has 0 fully saturated rings. The fraction of sp³-hybridized carbons (Fsp3) is 0.250. The van der Waals surface area contributed by atoms with Crippen LogP contribution < -0.4 is 10.6 Å². The van der Waals surface area contributed by atoms with E-state index in [0.717, 1.165) is 40.1 Å². The Morgan fingerprint density at radius 2 is 2.10 bits per heavy atom. The van der Waals surface area contributed by atoms with Crippen molar-refractivity contribution < 1.29 is 4.39 Å². The van der Waals surface area contributed by atoms with Gasteiger partial charge in [-0.05, 0) is 41.0 Å². The standard InChI is InChI=1S/C24H24FN5S/c1-14(2)19-13-31-22-21(19)29-23(16-9-17(25)12-26-10-16)30-24(22)27-8-7-15-11-28-20-6-4-3-5-18(15)20/h3-6,9,11-14,26,28H,7-8,10H2,1-2H3,(H,27,29,30). The molecule has 158 valence electrons. The highest BCUT2D eigenvalue weighted by Crippen LogP contribution is 2.35. The molecule has 0 radical (unpaired) electrons. The zero-order valence-electron chi connectivity index (χ0n) is 17.5. The molecule has 0 spiro atoms. The Bertz CT molecular complexity index is 1310. The van der Waals surface area contributed by atoms with Gasteiger partial charge >= 0.3 is 0 Å². The number of anilines is 1. The third-order valence-electron chi connectivity index (χ3n) is 5.56.